The van der Waals surface area contributed by atoms with Gasteiger partial charge in [-0.3, -0.25) is 4.79 Å². The average Bonchev–Trinajstić information content (AvgIpc) is 2.46. The molecule has 0 unspecified atom stereocenters. The number of ether oxygens (including phenoxy) is 1. The third kappa shape index (κ3) is 4.13. The van der Waals surface area contributed by atoms with Gasteiger partial charge in [0.2, 0.25) is 5.91 Å². The van der Waals surface area contributed by atoms with Gasteiger partial charge in [-0.2, -0.15) is 0 Å². The zero-order valence-electron chi connectivity index (χ0n) is 13.0. The van der Waals surface area contributed by atoms with Gasteiger partial charge in [-0.05, 0) is 49.7 Å². The number of hydrogen-bond acceptors (Lipinski definition) is 3. The molecule has 1 saturated heterocycles. The lowest BCUT2D eigenvalue weighted by Gasteiger charge is -2.38. The standard InChI is InChI=1S/C16H22Cl2N2O2/c1-20(10-12-7-13(17)9-14(18)8-12)15(21)16(11-22-2)3-5-19-6-4-16/h7-9,19H,3-6,10-11H2,1-2H3. The second-order valence-corrected chi connectivity index (χ2v) is 6.78. The summed E-state index contributed by atoms with van der Waals surface area (Å²) in [5.74, 6) is 0.118. The van der Waals surface area contributed by atoms with Crippen LogP contribution in [-0.4, -0.2) is 44.7 Å². The van der Waals surface area contributed by atoms with Gasteiger partial charge in [0.15, 0.2) is 0 Å². The molecule has 1 aliphatic rings. The Morgan fingerprint density at radius 2 is 1.86 bits per heavy atom. The predicted molar refractivity (Wildman–Crippen MR) is 89.3 cm³/mol. The molecule has 22 heavy (non-hydrogen) atoms. The zero-order chi connectivity index (χ0) is 16.2. The zero-order valence-corrected chi connectivity index (χ0v) is 14.5. The second-order valence-electron chi connectivity index (χ2n) is 5.90. The molecule has 0 radical (unpaired) electrons. The van der Waals surface area contributed by atoms with E-state index < -0.39 is 5.41 Å². The van der Waals surface area contributed by atoms with Gasteiger partial charge in [0.1, 0.15) is 0 Å². The Balaban J connectivity index is 2.12. The molecule has 1 aliphatic heterocycles. The molecule has 1 N–H and O–H groups in total. The molecule has 0 atom stereocenters. The molecule has 1 aromatic carbocycles. The van der Waals surface area contributed by atoms with E-state index in [2.05, 4.69) is 5.32 Å². The number of nitrogens with one attached hydrogen (secondary N) is 1. The minimum atomic E-state index is -0.433. The molecule has 2 rings (SSSR count). The number of carbonyl (C=O) groups excluding carboxylic acids is 1. The van der Waals surface area contributed by atoms with Crippen molar-refractivity contribution in [1.29, 1.82) is 0 Å². The first-order valence-electron chi connectivity index (χ1n) is 7.37. The summed E-state index contributed by atoms with van der Waals surface area (Å²) in [5, 5.41) is 4.46. The first-order chi connectivity index (χ1) is 10.5. The monoisotopic (exact) mass is 344 g/mol. The first-order valence-corrected chi connectivity index (χ1v) is 8.13. The number of carbonyl (C=O) groups is 1. The van der Waals surface area contributed by atoms with Crippen LogP contribution in [0.2, 0.25) is 10.0 Å². The third-order valence-corrected chi connectivity index (χ3v) is 4.56. The number of methoxy groups -OCH3 is 1. The van der Waals surface area contributed by atoms with E-state index in [0.717, 1.165) is 31.5 Å². The van der Waals surface area contributed by atoms with Gasteiger partial charge in [0.05, 0.1) is 12.0 Å². The molecule has 0 bridgehead atoms. The Hall–Kier alpha value is -0.810. The molecule has 1 amide bonds. The van der Waals surface area contributed by atoms with Crippen molar-refractivity contribution in [2.45, 2.75) is 19.4 Å². The minimum absolute atomic E-state index is 0.118. The highest BCUT2D eigenvalue weighted by Crippen LogP contribution is 2.32. The smallest absolute Gasteiger partial charge is 0.231 e. The van der Waals surface area contributed by atoms with E-state index in [9.17, 15) is 4.79 Å². The Morgan fingerprint density at radius 1 is 1.27 bits per heavy atom. The van der Waals surface area contributed by atoms with Crippen LogP contribution in [0.15, 0.2) is 18.2 Å². The Morgan fingerprint density at radius 3 is 2.41 bits per heavy atom. The van der Waals surface area contributed by atoms with Crippen LogP contribution in [0, 0.1) is 5.41 Å². The predicted octanol–water partition coefficient (Wildman–Crippen LogP) is 2.97. The molecule has 4 nitrogen and oxygen atoms in total. The van der Waals surface area contributed by atoms with Crippen LogP contribution in [0.3, 0.4) is 0 Å². The van der Waals surface area contributed by atoms with E-state index in [1.165, 1.54) is 0 Å². The number of nitrogens with zero attached hydrogens (tertiary/aromatic N) is 1. The number of piperidine rings is 1. The Labute approximate surface area is 141 Å². The summed E-state index contributed by atoms with van der Waals surface area (Å²) in [5.41, 5.74) is 0.492. The average molecular weight is 345 g/mol. The van der Waals surface area contributed by atoms with Gasteiger partial charge in [-0.1, -0.05) is 23.2 Å². The number of halogens is 2. The van der Waals surface area contributed by atoms with Crippen molar-refractivity contribution in [3.8, 4) is 0 Å². The summed E-state index contributed by atoms with van der Waals surface area (Å²) in [6.45, 7) is 2.62. The molecule has 0 aromatic heterocycles. The molecule has 0 aliphatic carbocycles. The maximum absolute atomic E-state index is 12.9. The quantitative estimate of drug-likeness (QED) is 0.892. The summed E-state index contributed by atoms with van der Waals surface area (Å²) in [6, 6.07) is 5.36. The molecule has 0 spiro atoms. The highest BCUT2D eigenvalue weighted by atomic mass is 35.5. The van der Waals surface area contributed by atoms with Crippen LogP contribution in [0.4, 0.5) is 0 Å². The number of hydrogen-bond donors (Lipinski definition) is 1. The summed E-state index contributed by atoms with van der Waals surface area (Å²) in [6.07, 6.45) is 1.58. The van der Waals surface area contributed by atoms with Crippen molar-refractivity contribution in [3.63, 3.8) is 0 Å². The summed E-state index contributed by atoms with van der Waals surface area (Å²) in [7, 11) is 3.46. The third-order valence-electron chi connectivity index (χ3n) is 4.12. The van der Waals surface area contributed by atoms with E-state index in [0.29, 0.717) is 23.2 Å². The van der Waals surface area contributed by atoms with Crippen LogP contribution >= 0.6 is 23.2 Å². The van der Waals surface area contributed by atoms with Crippen molar-refractivity contribution in [1.82, 2.24) is 10.2 Å². The van der Waals surface area contributed by atoms with Gasteiger partial charge in [0.25, 0.3) is 0 Å². The first kappa shape index (κ1) is 17.5. The van der Waals surface area contributed by atoms with Gasteiger partial charge < -0.3 is 15.0 Å². The molecular formula is C16H22Cl2N2O2. The highest BCUT2D eigenvalue weighted by molar-refractivity contribution is 6.34. The van der Waals surface area contributed by atoms with Gasteiger partial charge >= 0.3 is 0 Å². The Kier molecular flexibility index (Phi) is 6.09. The van der Waals surface area contributed by atoms with E-state index >= 15 is 0 Å². The SMILES string of the molecule is COCC1(C(=O)N(C)Cc2cc(Cl)cc(Cl)c2)CCNCC1. The second kappa shape index (κ2) is 7.64. The van der Waals surface area contributed by atoms with Gasteiger partial charge in [-0.15, -0.1) is 0 Å². The van der Waals surface area contributed by atoms with Crippen molar-refractivity contribution >= 4 is 29.1 Å². The van der Waals surface area contributed by atoms with E-state index in [1.807, 2.05) is 19.2 Å². The molecular weight excluding hydrogens is 323 g/mol. The lowest BCUT2D eigenvalue weighted by Crippen LogP contribution is -2.50. The molecule has 1 fully saturated rings. The lowest BCUT2D eigenvalue weighted by atomic mass is 9.78. The fourth-order valence-corrected chi connectivity index (χ4v) is 3.63. The van der Waals surface area contributed by atoms with E-state index in [1.54, 1.807) is 18.1 Å². The topological polar surface area (TPSA) is 41.6 Å². The normalized spacial score (nSPS) is 17.3. The fourth-order valence-electron chi connectivity index (χ4n) is 3.05. The summed E-state index contributed by atoms with van der Waals surface area (Å²) >= 11 is 12.0. The molecule has 122 valence electrons. The van der Waals surface area contributed by atoms with Crippen molar-refractivity contribution in [3.05, 3.63) is 33.8 Å². The fraction of sp³-hybridized carbons (Fsp3) is 0.562. The molecule has 6 heteroatoms. The number of rotatable bonds is 5. The number of amides is 1. The highest BCUT2D eigenvalue weighted by Gasteiger charge is 2.41. The van der Waals surface area contributed by atoms with Gasteiger partial charge in [-0.25, -0.2) is 0 Å². The van der Waals surface area contributed by atoms with Crippen LogP contribution < -0.4 is 5.32 Å². The summed E-state index contributed by atoms with van der Waals surface area (Å²) < 4.78 is 5.33. The molecule has 1 heterocycles. The largest absolute Gasteiger partial charge is 0.384 e. The minimum Gasteiger partial charge on any atom is -0.384 e. The van der Waals surface area contributed by atoms with Crippen LogP contribution in [0.1, 0.15) is 18.4 Å². The van der Waals surface area contributed by atoms with Gasteiger partial charge in [0, 0.05) is 30.7 Å². The van der Waals surface area contributed by atoms with Crippen LogP contribution in [0.25, 0.3) is 0 Å². The van der Waals surface area contributed by atoms with E-state index in [-0.39, 0.29) is 5.91 Å². The van der Waals surface area contributed by atoms with Crippen LogP contribution in [0.5, 0.6) is 0 Å². The maximum Gasteiger partial charge on any atom is 0.231 e. The molecule has 0 saturated carbocycles. The van der Waals surface area contributed by atoms with E-state index in [4.69, 9.17) is 27.9 Å². The summed E-state index contributed by atoms with van der Waals surface area (Å²) in [4.78, 5) is 14.7. The molecule has 1 aromatic rings. The number of benzene rings is 1. The Bertz CT molecular complexity index is 505. The van der Waals surface area contributed by atoms with Crippen molar-refractivity contribution in [2.24, 2.45) is 5.41 Å². The lowest BCUT2D eigenvalue weighted by molar-refractivity contribution is -0.146. The maximum atomic E-state index is 12.9. The van der Waals surface area contributed by atoms with Crippen LogP contribution in [-0.2, 0) is 16.1 Å². The van der Waals surface area contributed by atoms with Crippen molar-refractivity contribution in [2.75, 3.05) is 33.9 Å². The van der Waals surface area contributed by atoms with Crippen molar-refractivity contribution < 1.29 is 9.53 Å².